The molecule has 1 aromatic rings. The standard InChI is InChI=1S/C13H17F2N3O3/c14-10(15)8-18(6-7-19)13(20)11(12(16)17-21)9-4-2-1-3-5-9/h1-5,10-11,19,21H,6-8H2,(H2,16,17). The van der Waals surface area contributed by atoms with Crippen molar-refractivity contribution in [2.45, 2.75) is 12.3 Å². The number of alkyl halides is 2. The van der Waals surface area contributed by atoms with Crippen molar-refractivity contribution in [1.29, 1.82) is 0 Å². The number of hydrogen-bond acceptors (Lipinski definition) is 4. The van der Waals surface area contributed by atoms with Crippen molar-refractivity contribution in [3.8, 4) is 0 Å². The minimum absolute atomic E-state index is 0.259. The Morgan fingerprint density at radius 3 is 2.43 bits per heavy atom. The van der Waals surface area contributed by atoms with Crippen LogP contribution in [0.25, 0.3) is 0 Å². The Morgan fingerprint density at radius 1 is 1.33 bits per heavy atom. The fraction of sp³-hybridized carbons (Fsp3) is 0.385. The lowest BCUT2D eigenvalue weighted by molar-refractivity contribution is -0.133. The van der Waals surface area contributed by atoms with Crippen LogP contribution < -0.4 is 5.73 Å². The predicted octanol–water partition coefficient (Wildman–Crippen LogP) is 0.603. The highest BCUT2D eigenvalue weighted by atomic mass is 19.3. The molecule has 21 heavy (non-hydrogen) atoms. The van der Waals surface area contributed by atoms with E-state index >= 15 is 0 Å². The van der Waals surface area contributed by atoms with Crippen LogP contribution in [0, 0.1) is 0 Å². The molecular formula is C13H17F2N3O3. The Kier molecular flexibility index (Phi) is 6.54. The Morgan fingerprint density at radius 2 is 1.95 bits per heavy atom. The summed E-state index contributed by atoms with van der Waals surface area (Å²) in [5.74, 6) is -2.34. The summed E-state index contributed by atoms with van der Waals surface area (Å²) in [5.41, 5.74) is 5.93. The molecule has 0 saturated carbocycles. The summed E-state index contributed by atoms with van der Waals surface area (Å²) in [6.07, 6.45) is -2.75. The zero-order valence-electron chi connectivity index (χ0n) is 11.2. The highest BCUT2D eigenvalue weighted by Crippen LogP contribution is 2.19. The third-order valence-corrected chi connectivity index (χ3v) is 2.83. The van der Waals surface area contributed by atoms with E-state index in [1.54, 1.807) is 30.3 Å². The Bertz CT molecular complexity index is 483. The van der Waals surface area contributed by atoms with Gasteiger partial charge in [0, 0.05) is 6.54 Å². The van der Waals surface area contributed by atoms with Crippen LogP contribution in [-0.2, 0) is 4.79 Å². The van der Waals surface area contributed by atoms with Gasteiger partial charge in [0.05, 0.1) is 13.2 Å². The summed E-state index contributed by atoms with van der Waals surface area (Å²) >= 11 is 0. The first-order chi connectivity index (χ1) is 10.0. The SMILES string of the molecule is N/C(=N/O)C(C(=O)N(CCO)CC(F)F)c1ccccc1. The third kappa shape index (κ3) is 4.67. The molecule has 6 nitrogen and oxygen atoms in total. The maximum Gasteiger partial charge on any atom is 0.255 e. The summed E-state index contributed by atoms with van der Waals surface area (Å²) in [6.45, 7) is -1.55. The molecule has 0 fully saturated rings. The number of nitrogens with zero attached hydrogens (tertiary/aromatic N) is 2. The molecule has 0 saturated heterocycles. The van der Waals surface area contributed by atoms with Crippen molar-refractivity contribution in [3.63, 3.8) is 0 Å². The molecule has 0 aliphatic rings. The quantitative estimate of drug-likeness (QED) is 0.297. The highest BCUT2D eigenvalue weighted by molar-refractivity contribution is 6.07. The zero-order valence-corrected chi connectivity index (χ0v) is 11.2. The van der Waals surface area contributed by atoms with E-state index in [0.29, 0.717) is 5.56 Å². The first kappa shape index (κ1) is 16.8. The number of halogens is 2. The number of nitrogens with two attached hydrogens (primary N) is 1. The fourth-order valence-corrected chi connectivity index (χ4v) is 1.90. The largest absolute Gasteiger partial charge is 0.409 e. The van der Waals surface area contributed by atoms with Gasteiger partial charge in [-0.2, -0.15) is 0 Å². The number of oxime groups is 1. The van der Waals surface area contributed by atoms with E-state index in [2.05, 4.69) is 5.16 Å². The number of benzene rings is 1. The molecule has 0 aliphatic heterocycles. The summed E-state index contributed by atoms with van der Waals surface area (Å²) < 4.78 is 25.1. The molecule has 0 bridgehead atoms. The predicted molar refractivity (Wildman–Crippen MR) is 72.3 cm³/mol. The molecule has 116 valence electrons. The number of rotatable bonds is 7. The molecule has 0 spiro atoms. The first-order valence-corrected chi connectivity index (χ1v) is 6.21. The summed E-state index contributed by atoms with van der Waals surface area (Å²) in [4.78, 5) is 13.2. The van der Waals surface area contributed by atoms with Gasteiger partial charge in [0.25, 0.3) is 6.43 Å². The molecule has 1 unspecified atom stereocenters. The van der Waals surface area contributed by atoms with Crippen LogP contribution in [0.3, 0.4) is 0 Å². The normalized spacial score (nSPS) is 13.2. The van der Waals surface area contributed by atoms with Crippen LogP contribution in [0.4, 0.5) is 8.78 Å². The van der Waals surface area contributed by atoms with Gasteiger partial charge in [0.1, 0.15) is 5.92 Å². The number of amides is 1. The number of aliphatic hydroxyl groups is 1. The van der Waals surface area contributed by atoms with Gasteiger partial charge in [-0.15, -0.1) is 0 Å². The monoisotopic (exact) mass is 301 g/mol. The van der Waals surface area contributed by atoms with E-state index in [1.165, 1.54) is 0 Å². The van der Waals surface area contributed by atoms with Crippen molar-refractivity contribution in [3.05, 3.63) is 35.9 Å². The molecule has 1 atom stereocenters. The molecule has 0 aromatic heterocycles. The van der Waals surface area contributed by atoms with Crippen molar-refractivity contribution in [1.82, 2.24) is 4.90 Å². The zero-order chi connectivity index (χ0) is 15.8. The first-order valence-electron chi connectivity index (χ1n) is 6.21. The molecule has 1 aromatic carbocycles. The molecule has 8 heteroatoms. The molecule has 0 radical (unpaired) electrons. The van der Waals surface area contributed by atoms with Gasteiger partial charge in [-0.3, -0.25) is 4.79 Å². The Labute approximate surface area is 120 Å². The van der Waals surface area contributed by atoms with E-state index in [9.17, 15) is 13.6 Å². The lowest BCUT2D eigenvalue weighted by atomic mass is 9.96. The van der Waals surface area contributed by atoms with Gasteiger partial charge in [0.15, 0.2) is 5.84 Å². The van der Waals surface area contributed by atoms with Gasteiger partial charge in [-0.25, -0.2) is 8.78 Å². The topological polar surface area (TPSA) is 99.2 Å². The number of aliphatic hydroxyl groups excluding tert-OH is 1. The number of carbonyl (C=O) groups excluding carboxylic acids is 1. The van der Waals surface area contributed by atoms with Gasteiger partial charge >= 0.3 is 0 Å². The van der Waals surface area contributed by atoms with Crippen LogP contribution in [0.2, 0.25) is 0 Å². The van der Waals surface area contributed by atoms with Crippen LogP contribution >= 0.6 is 0 Å². The number of amidine groups is 1. The van der Waals surface area contributed by atoms with E-state index in [1.807, 2.05) is 0 Å². The molecule has 1 amide bonds. The van der Waals surface area contributed by atoms with Gasteiger partial charge in [0.2, 0.25) is 5.91 Å². The molecule has 0 aliphatic carbocycles. The molecule has 4 N–H and O–H groups in total. The number of hydrogen-bond donors (Lipinski definition) is 3. The fourth-order valence-electron chi connectivity index (χ4n) is 1.90. The minimum atomic E-state index is -2.75. The summed E-state index contributed by atoms with van der Waals surface area (Å²) in [5, 5.41) is 20.5. The average Bonchev–Trinajstić information content (AvgIpc) is 2.47. The Balaban J connectivity index is 3.09. The van der Waals surface area contributed by atoms with Crippen molar-refractivity contribution in [2.24, 2.45) is 10.9 Å². The van der Waals surface area contributed by atoms with Crippen LogP contribution in [0.15, 0.2) is 35.5 Å². The second kappa shape index (κ2) is 8.15. The van der Waals surface area contributed by atoms with Gasteiger partial charge in [-0.05, 0) is 5.56 Å². The van der Waals surface area contributed by atoms with Crippen molar-refractivity contribution < 1.29 is 23.9 Å². The van der Waals surface area contributed by atoms with Crippen LogP contribution in [0.5, 0.6) is 0 Å². The minimum Gasteiger partial charge on any atom is -0.409 e. The smallest absolute Gasteiger partial charge is 0.255 e. The van der Waals surface area contributed by atoms with Gasteiger partial charge in [-0.1, -0.05) is 35.5 Å². The van der Waals surface area contributed by atoms with Crippen LogP contribution in [0.1, 0.15) is 11.5 Å². The maximum atomic E-state index is 12.5. The van der Waals surface area contributed by atoms with E-state index in [0.717, 1.165) is 4.90 Å². The molecular weight excluding hydrogens is 284 g/mol. The summed E-state index contributed by atoms with van der Waals surface area (Å²) in [6, 6.07) is 8.13. The second-order valence-electron chi connectivity index (χ2n) is 4.27. The summed E-state index contributed by atoms with van der Waals surface area (Å²) in [7, 11) is 0. The van der Waals surface area contributed by atoms with E-state index in [-0.39, 0.29) is 6.54 Å². The lowest BCUT2D eigenvalue weighted by Gasteiger charge is -2.26. The van der Waals surface area contributed by atoms with E-state index < -0.39 is 37.2 Å². The van der Waals surface area contributed by atoms with Crippen molar-refractivity contribution >= 4 is 11.7 Å². The Hall–Kier alpha value is -2.22. The van der Waals surface area contributed by atoms with Crippen LogP contribution in [-0.4, -0.2) is 53.1 Å². The van der Waals surface area contributed by atoms with Crippen molar-refractivity contribution in [2.75, 3.05) is 19.7 Å². The number of carbonyl (C=O) groups is 1. The third-order valence-electron chi connectivity index (χ3n) is 2.83. The maximum absolute atomic E-state index is 12.5. The highest BCUT2D eigenvalue weighted by Gasteiger charge is 2.30. The van der Waals surface area contributed by atoms with Gasteiger partial charge < -0.3 is 20.9 Å². The van der Waals surface area contributed by atoms with E-state index in [4.69, 9.17) is 16.0 Å². The second-order valence-corrected chi connectivity index (χ2v) is 4.27. The molecule has 0 heterocycles. The average molecular weight is 301 g/mol. The molecule has 1 rings (SSSR count). The lowest BCUT2D eigenvalue weighted by Crippen LogP contribution is -2.44.